The molecule has 0 aliphatic carbocycles. The van der Waals surface area contributed by atoms with E-state index in [1.807, 2.05) is 6.07 Å². The van der Waals surface area contributed by atoms with Crippen LogP contribution in [-0.4, -0.2) is 23.3 Å². The van der Waals surface area contributed by atoms with Gasteiger partial charge >= 0.3 is 7.12 Å². The van der Waals surface area contributed by atoms with Gasteiger partial charge in [0.1, 0.15) is 5.15 Å². The standard InChI is InChI=1S/C18H21BClNO2/c1-12-10-13(14-7-9-16(20)21-11-14)6-8-15(12)19-22-17(2,3)18(4,5)23-19/h6-11H,1-5H3. The molecule has 2 heterocycles. The van der Waals surface area contributed by atoms with Crippen molar-refractivity contribution in [3.8, 4) is 11.1 Å². The van der Waals surface area contributed by atoms with Crippen LogP contribution in [0.4, 0.5) is 0 Å². The van der Waals surface area contributed by atoms with Gasteiger partial charge in [-0.15, -0.1) is 0 Å². The number of benzene rings is 1. The van der Waals surface area contributed by atoms with E-state index >= 15 is 0 Å². The summed E-state index contributed by atoms with van der Waals surface area (Å²) >= 11 is 5.85. The van der Waals surface area contributed by atoms with Crippen LogP contribution in [0.5, 0.6) is 0 Å². The fraction of sp³-hybridized carbons (Fsp3) is 0.389. The van der Waals surface area contributed by atoms with Crippen LogP contribution in [0.3, 0.4) is 0 Å². The third-order valence-corrected chi connectivity index (χ3v) is 5.06. The number of pyridine rings is 1. The van der Waals surface area contributed by atoms with Gasteiger partial charge in [0.05, 0.1) is 11.2 Å². The number of nitrogens with zero attached hydrogens (tertiary/aromatic N) is 1. The average Bonchev–Trinajstić information content (AvgIpc) is 2.68. The van der Waals surface area contributed by atoms with Crippen molar-refractivity contribution < 1.29 is 9.31 Å². The zero-order chi connectivity index (χ0) is 16.8. The van der Waals surface area contributed by atoms with E-state index in [0.717, 1.165) is 22.2 Å². The number of rotatable bonds is 2. The van der Waals surface area contributed by atoms with Crippen LogP contribution in [0.15, 0.2) is 36.5 Å². The Hall–Kier alpha value is -1.36. The smallest absolute Gasteiger partial charge is 0.399 e. The van der Waals surface area contributed by atoms with Gasteiger partial charge < -0.3 is 9.31 Å². The molecule has 1 aromatic carbocycles. The molecule has 0 atom stereocenters. The fourth-order valence-corrected chi connectivity index (χ4v) is 2.75. The van der Waals surface area contributed by atoms with Gasteiger partial charge in [0.2, 0.25) is 0 Å². The van der Waals surface area contributed by atoms with Gasteiger partial charge in [0, 0.05) is 11.8 Å². The predicted octanol–water partition coefficient (Wildman–Crippen LogP) is 4.01. The zero-order valence-corrected chi connectivity index (χ0v) is 14.9. The minimum atomic E-state index is -0.336. The van der Waals surface area contributed by atoms with E-state index in [1.54, 1.807) is 12.3 Å². The molecule has 0 saturated carbocycles. The molecule has 0 spiro atoms. The van der Waals surface area contributed by atoms with E-state index in [1.165, 1.54) is 0 Å². The maximum Gasteiger partial charge on any atom is 0.495 e. The molecule has 5 heteroatoms. The van der Waals surface area contributed by atoms with Crippen LogP contribution >= 0.6 is 11.6 Å². The van der Waals surface area contributed by atoms with Crippen LogP contribution < -0.4 is 5.46 Å². The Bertz CT molecular complexity index is 712. The monoisotopic (exact) mass is 329 g/mol. The van der Waals surface area contributed by atoms with Gasteiger partial charge in [-0.1, -0.05) is 35.4 Å². The first kappa shape index (κ1) is 16.5. The van der Waals surface area contributed by atoms with E-state index in [0.29, 0.717) is 5.15 Å². The lowest BCUT2D eigenvalue weighted by Crippen LogP contribution is -2.41. The molecule has 0 amide bonds. The highest BCUT2D eigenvalue weighted by molar-refractivity contribution is 6.62. The Morgan fingerprint density at radius 3 is 2.09 bits per heavy atom. The summed E-state index contributed by atoms with van der Waals surface area (Å²) in [5.74, 6) is 0. The Balaban J connectivity index is 1.90. The maximum atomic E-state index is 6.14. The highest BCUT2D eigenvalue weighted by atomic mass is 35.5. The molecule has 1 fully saturated rings. The summed E-state index contributed by atoms with van der Waals surface area (Å²) in [6.07, 6.45) is 1.78. The first-order chi connectivity index (χ1) is 10.7. The second-order valence-corrected chi connectivity index (χ2v) is 7.42. The first-order valence-corrected chi connectivity index (χ1v) is 8.15. The number of halogens is 1. The summed E-state index contributed by atoms with van der Waals surface area (Å²) in [7, 11) is -0.336. The molecular weight excluding hydrogens is 308 g/mol. The summed E-state index contributed by atoms with van der Waals surface area (Å²) in [5.41, 5.74) is 3.68. The second kappa shape index (κ2) is 5.62. The molecule has 1 aliphatic rings. The van der Waals surface area contributed by atoms with E-state index in [9.17, 15) is 0 Å². The molecule has 1 aliphatic heterocycles. The largest absolute Gasteiger partial charge is 0.495 e. The molecule has 0 unspecified atom stereocenters. The van der Waals surface area contributed by atoms with Crippen molar-refractivity contribution in [3.05, 3.63) is 47.2 Å². The van der Waals surface area contributed by atoms with Crippen LogP contribution in [0.2, 0.25) is 5.15 Å². The van der Waals surface area contributed by atoms with Gasteiger partial charge in [-0.05, 0) is 57.8 Å². The first-order valence-electron chi connectivity index (χ1n) is 7.78. The number of aryl methyl sites for hydroxylation is 1. The molecule has 120 valence electrons. The molecule has 1 saturated heterocycles. The lowest BCUT2D eigenvalue weighted by Gasteiger charge is -2.32. The Kier molecular flexibility index (Phi) is 4.03. The number of aromatic nitrogens is 1. The Morgan fingerprint density at radius 2 is 1.57 bits per heavy atom. The molecule has 23 heavy (non-hydrogen) atoms. The Morgan fingerprint density at radius 1 is 0.957 bits per heavy atom. The Labute approximate surface area is 143 Å². The van der Waals surface area contributed by atoms with Crippen LogP contribution in [0.25, 0.3) is 11.1 Å². The summed E-state index contributed by atoms with van der Waals surface area (Å²) in [6.45, 7) is 10.3. The van der Waals surface area contributed by atoms with Crippen molar-refractivity contribution in [2.45, 2.75) is 45.8 Å². The molecule has 2 aromatic rings. The van der Waals surface area contributed by atoms with Crippen molar-refractivity contribution in [3.63, 3.8) is 0 Å². The highest BCUT2D eigenvalue weighted by Crippen LogP contribution is 2.36. The predicted molar refractivity (Wildman–Crippen MR) is 95.1 cm³/mol. The van der Waals surface area contributed by atoms with Crippen molar-refractivity contribution in [1.29, 1.82) is 0 Å². The number of hydrogen-bond acceptors (Lipinski definition) is 3. The molecule has 3 rings (SSSR count). The molecule has 3 nitrogen and oxygen atoms in total. The van der Waals surface area contributed by atoms with Crippen molar-refractivity contribution in [2.24, 2.45) is 0 Å². The summed E-state index contributed by atoms with van der Waals surface area (Å²) in [5, 5.41) is 0.499. The normalized spacial score (nSPS) is 19.1. The van der Waals surface area contributed by atoms with Crippen LogP contribution in [0, 0.1) is 6.92 Å². The van der Waals surface area contributed by atoms with Crippen molar-refractivity contribution >= 4 is 24.2 Å². The van der Waals surface area contributed by atoms with E-state index in [-0.39, 0.29) is 18.3 Å². The van der Waals surface area contributed by atoms with Crippen molar-refractivity contribution in [1.82, 2.24) is 4.98 Å². The molecule has 1 aromatic heterocycles. The van der Waals surface area contributed by atoms with E-state index in [4.69, 9.17) is 20.9 Å². The quantitative estimate of drug-likeness (QED) is 0.616. The van der Waals surface area contributed by atoms with E-state index < -0.39 is 0 Å². The second-order valence-electron chi connectivity index (χ2n) is 7.03. The average molecular weight is 330 g/mol. The zero-order valence-electron chi connectivity index (χ0n) is 14.2. The highest BCUT2D eigenvalue weighted by Gasteiger charge is 2.51. The molecular formula is C18H21BClNO2. The third-order valence-electron chi connectivity index (χ3n) is 4.84. The molecule has 0 radical (unpaired) electrons. The van der Waals surface area contributed by atoms with Gasteiger partial charge in [-0.3, -0.25) is 0 Å². The summed E-state index contributed by atoms with van der Waals surface area (Å²) < 4.78 is 12.3. The summed E-state index contributed by atoms with van der Waals surface area (Å²) in [4.78, 5) is 4.14. The molecule has 0 N–H and O–H groups in total. The summed E-state index contributed by atoms with van der Waals surface area (Å²) in [6, 6.07) is 10.0. The van der Waals surface area contributed by atoms with Gasteiger partial charge in [-0.25, -0.2) is 4.98 Å². The number of hydrogen-bond donors (Lipinski definition) is 0. The lowest BCUT2D eigenvalue weighted by molar-refractivity contribution is 0.00578. The van der Waals surface area contributed by atoms with Crippen LogP contribution in [-0.2, 0) is 9.31 Å². The van der Waals surface area contributed by atoms with Crippen LogP contribution in [0.1, 0.15) is 33.3 Å². The minimum Gasteiger partial charge on any atom is -0.399 e. The maximum absolute atomic E-state index is 6.14. The topological polar surface area (TPSA) is 31.4 Å². The van der Waals surface area contributed by atoms with Gasteiger partial charge in [0.25, 0.3) is 0 Å². The minimum absolute atomic E-state index is 0.330. The van der Waals surface area contributed by atoms with E-state index in [2.05, 4.69) is 57.8 Å². The third kappa shape index (κ3) is 3.03. The van der Waals surface area contributed by atoms with Crippen molar-refractivity contribution in [2.75, 3.05) is 0 Å². The molecule has 0 bridgehead atoms. The van der Waals surface area contributed by atoms with Gasteiger partial charge in [-0.2, -0.15) is 0 Å². The SMILES string of the molecule is Cc1cc(-c2ccc(Cl)nc2)ccc1B1OC(C)(C)C(C)(C)O1. The van der Waals surface area contributed by atoms with Gasteiger partial charge in [0.15, 0.2) is 0 Å². The lowest BCUT2D eigenvalue weighted by atomic mass is 9.75. The fourth-order valence-electron chi connectivity index (χ4n) is 2.64.